The predicted octanol–water partition coefficient (Wildman–Crippen LogP) is 4.12. The van der Waals surface area contributed by atoms with Crippen molar-refractivity contribution in [2.24, 2.45) is 5.73 Å². The van der Waals surface area contributed by atoms with Gasteiger partial charge in [0.05, 0.1) is 12.0 Å². The van der Waals surface area contributed by atoms with Crippen LogP contribution >= 0.6 is 22.9 Å². The van der Waals surface area contributed by atoms with E-state index in [-0.39, 0.29) is 17.0 Å². The van der Waals surface area contributed by atoms with Crippen molar-refractivity contribution in [1.82, 2.24) is 19.4 Å². The molecule has 0 saturated heterocycles. The molecule has 0 unspecified atom stereocenters. The number of rotatable bonds is 5. The van der Waals surface area contributed by atoms with Crippen molar-refractivity contribution in [1.29, 1.82) is 0 Å². The van der Waals surface area contributed by atoms with Gasteiger partial charge in [0.2, 0.25) is 0 Å². The van der Waals surface area contributed by atoms with Crippen LogP contribution in [0.5, 0.6) is 0 Å². The molecule has 5 rings (SSSR count). The van der Waals surface area contributed by atoms with Crippen LogP contribution < -0.4 is 11.1 Å². The second-order valence-electron chi connectivity index (χ2n) is 6.65. The normalized spacial score (nSPS) is 11.0. The highest BCUT2D eigenvalue weighted by atomic mass is 35.5. The van der Waals surface area contributed by atoms with Crippen molar-refractivity contribution >= 4 is 45.5 Å². The molecule has 5 aromatic rings. The van der Waals surface area contributed by atoms with Gasteiger partial charge in [0, 0.05) is 16.0 Å². The Morgan fingerprint density at radius 3 is 2.66 bits per heavy atom. The summed E-state index contributed by atoms with van der Waals surface area (Å²) in [7, 11) is 0. The van der Waals surface area contributed by atoms with Crippen molar-refractivity contribution in [2.75, 3.05) is 5.32 Å². The Labute approximate surface area is 189 Å². The quantitative estimate of drug-likeness (QED) is 0.402. The molecule has 158 valence electrons. The molecule has 0 atom stereocenters. The lowest BCUT2D eigenvalue weighted by Gasteiger charge is -2.07. The largest absolute Gasteiger partial charge is 0.463 e. The smallest absolute Gasteiger partial charge is 0.274 e. The molecule has 11 heteroatoms. The van der Waals surface area contributed by atoms with Crippen LogP contribution in [-0.4, -0.2) is 31.2 Å². The number of benzene rings is 1. The molecule has 1 aromatic carbocycles. The van der Waals surface area contributed by atoms with Crippen molar-refractivity contribution in [3.63, 3.8) is 0 Å². The van der Waals surface area contributed by atoms with Crippen LogP contribution in [-0.2, 0) is 0 Å². The minimum atomic E-state index is -0.754. The Balaban J connectivity index is 1.52. The molecular formula is C21H13ClN6O3S. The van der Waals surface area contributed by atoms with Gasteiger partial charge in [0.15, 0.2) is 22.2 Å². The van der Waals surface area contributed by atoms with Gasteiger partial charge in [-0.2, -0.15) is 0 Å². The maximum absolute atomic E-state index is 13.1. The standard InChI is InChI=1S/C21H13ClN6O3S/c22-12-5-3-11(4-6-12)14-9-32-21(26-14)27-20(30)15-8-13(16-2-1-7-31-16)25-19-17(18(23)29)24-10-28(15)19/h1-10H,(H2,23,29)(H,26,27,30). The molecule has 0 radical (unpaired) electrons. The van der Waals surface area contributed by atoms with Crippen LogP contribution in [0.1, 0.15) is 21.0 Å². The first-order valence-corrected chi connectivity index (χ1v) is 10.5. The lowest BCUT2D eigenvalue weighted by molar-refractivity contribution is 0.0993. The summed E-state index contributed by atoms with van der Waals surface area (Å²) in [6.45, 7) is 0. The maximum atomic E-state index is 13.1. The number of primary amides is 1. The summed E-state index contributed by atoms with van der Waals surface area (Å²) in [5, 5.41) is 5.64. The molecule has 0 aliphatic carbocycles. The highest BCUT2D eigenvalue weighted by Gasteiger charge is 2.21. The number of carbonyl (C=O) groups is 2. The number of aromatic nitrogens is 4. The minimum absolute atomic E-state index is 0.0493. The number of furan rings is 1. The Morgan fingerprint density at radius 1 is 1.12 bits per heavy atom. The van der Waals surface area contributed by atoms with Crippen molar-refractivity contribution in [2.45, 2.75) is 0 Å². The van der Waals surface area contributed by atoms with E-state index in [4.69, 9.17) is 21.8 Å². The second kappa shape index (κ2) is 7.91. The Bertz CT molecular complexity index is 1460. The van der Waals surface area contributed by atoms with E-state index in [9.17, 15) is 9.59 Å². The number of halogens is 1. The van der Waals surface area contributed by atoms with Crippen molar-refractivity contribution < 1.29 is 14.0 Å². The molecule has 0 fully saturated rings. The summed E-state index contributed by atoms with van der Waals surface area (Å²) in [5.41, 5.74) is 7.64. The van der Waals surface area contributed by atoms with Crippen molar-refractivity contribution in [3.05, 3.63) is 76.8 Å². The summed E-state index contributed by atoms with van der Waals surface area (Å²) in [6.07, 6.45) is 2.81. The van der Waals surface area contributed by atoms with Gasteiger partial charge in [-0.3, -0.25) is 19.3 Å². The molecule has 0 spiro atoms. The first-order chi connectivity index (χ1) is 15.5. The number of nitrogens with zero attached hydrogens (tertiary/aromatic N) is 4. The summed E-state index contributed by atoms with van der Waals surface area (Å²) in [4.78, 5) is 37.8. The molecule has 2 amide bonds. The van der Waals surface area contributed by atoms with E-state index < -0.39 is 11.8 Å². The number of carbonyl (C=O) groups excluding carboxylic acids is 2. The zero-order chi connectivity index (χ0) is 22.2. The lowest BCUT2D eigenvalue weighted by Crippen LogP contribution is -2.17. The van der Waals surface area contributed by atoms with Crippen LogP contribution in [0.2, 0.25) is 5.02 Å². The van der Waals surface area contributed by atoms with E-state index in [0.717, 1.165) is 5.56 Å². The average molecular weight is 465 g/mol. The summed E-state index contributed by atoms with van der Waals surface area (Å²) < 4.78 is 6.80. The molecule has 0 bridgehead atoms. The number of fused-ring (bicyclic) bond motifs is 1. The van der Waals surface area contributed by atoms with Crippen LogP contribution in [0.4, 0.5) is 5.13 Å². The molecule has 4 heterocycles. The van der Waals surface area contributed by atoms with E-state index in [0.29, 0.717) is 27.3 Å². The van der Waals surface area contributed by atoms with Crippen molar-refractivity contribution in [3.8, 4) is 22.7 Å². The predicted molar refractivity (Wildman–Crippen MR) is 120 cm³/mol. The number of amides is 2. The first kappa shape index (κ1) is 19.9. The Kier molecular flexibility index (Phi) is 4.92. The van der Waals surface area contributed by atoms with Gasteiger partial charge < -0.3 is 10.2 Å². The van der Waals surface area contributed by atoms with Gasteiger partial charge in [-0.25, -0.2) is 15.0 Å². The highest BCUT2D eigenvalue weighted by molar-refractivity contribution is 7.14. The van der Waals surface area contributed by atoms with E-state index in [2.05, 4.69) is 20.3 Å². The van der Waals surface area contributed by atoms with Crippen LogP contribution in [0.15, 0.2) is 64.9 Å². The summed E-state index contributed by atoms with van der Waals surface area (Å²) in [6, 6.07) is 12.2. The molecule has 9 nitrogen and oxygen atoms in total. The number of hydrogen-bond acceptors (Lipinski definition) is 7. The van der Waals surface area contributed by atoms with Gasteiger partial charge >= 0.3 is 0 Å². The minimum Gasteiger partial charge on any atom is -0.463 e. The van der Waals surface area contributed by atoms with E-state index in [1.807, 2.05) is 17.5 Å². The van der Waals surface area contributed by atoms with Crippen LogP contribution in [0, 0.1) is 0 Å². The third kappa shape index (κ3) is 3.61. The van der Waals surface area contributed by atoms with Gasteiger partial charge in [-0.15, -0.1) is 11.3 Å². The molecule has 32 heavy (non-hydrogen) atoms. The third-order valence-corrected chi connectivity index (χ3v) is 5.62. The topological polar surface area (TPSA) is 128 Å². The molecule has 4 aromatic heterocycles. The molecule has 0 aliphatic heterocycles. The molecule has 3 N–H and O–H groups in total. The average Bonchev–Trinajstić information content (AvgIpc) is 3.54. The van der Waals surface area contributed by atoms with Gasteiger partial charge in [-0.05, 0) is 30.3 Å². The molecule has 0 saturated carbocycles. The number of nitrogens with two attached hydrogens (primary N) is 1. The number of hydrogen-bond donors (Lipinski definition) is 2. The van der Waals surface area contributed by atoms with E-state index in [1.54, 1.807) is 30.3 Å². The SMILES string of the molecule is NC(=O)c1ncn2c(C(=O)Nc3nc(-c4ccc(Cl)cc4)cs3)cc(-c3ccco3)nc12. The Hall–Kier alpha value is -4.02. The van der Waals surface area contributed by atoms with Gasteiger partial charge in [0.1, 0.15) is 17.7 Å². The van der Waals surface area contributed by atoms with Gasteiger partial charge in [-0.1, -0.05) is 23.7 Å². The third-order valence-electron chi connectivity index (χ3n) is 4.61. The fourth-order valence-corrected chi connectivity index (χ4v) is 3.96. The number of imidazole rings is 1. The summed E-state index contributed by atoms with van der Waals surface area (Å²) in [5.74, 6) is -0.788. The first-order valence-electron chi connectivity index (χ1n) is 9.24. The van der Waals surface area contributed by atoms with Crippen LogP contribution in [0.3, 0.4) is 0 Å². The highest BCUT2D eigenvalue weighted by Crippen LogP contribution is 2.27. The summed E-state index contributed by atoms with van der Waals surface area (Å²) >= 11 is 7.22. The van der Waals surface area contributed by atoms with Gasteiger partial charge in [0.25, 0.3) is 11.8 Å². The van der Waals surface area contributed by atoms with E-state index in [1.165, 1.54) is 28.3 Å². The van der Waals surface area contributed by atoms with Crippen LogP contribution in [0.25, 0.3) is 28.4 Å². The Morgan fingerprint density at radius 2 is 1.94 bits per heavy atom. The van der Waals surface area contributed by atoms with E-state index >= 15 is 0 Å². The molecular weight excluding hydrogens is 452 g/mol. The lowest BCUT2D eigenvalue weighted by atomic mass is 10.2. The number of anilines is 1. The fourth-order valence-electron chi connectivity index (χ4n) is 3.12. The monoisotopic (exact) mass is 464 g/mol. The maximum Gasteiger partial charge on any atom is 0.274 e. The number of nitrogens with one attached hydrogen (secondary N) is 1. The number of thiazole rings is 1. The zero-order valence-corrected chi connectivity index (χ0v) is 17.7. The zero-order valence-electron chi connectivity index (χ0n) is 16.2. The second-order valence-corrected chi connectivity index (χ2v) is 7.95. The molecule has 0 aliphatic rings. The fraction of sp³-hybridized carbons (Fsp3) is 0.